The molecule has 0 atom stereocenters. The predicted molar refractivity (Wildman–Crippen MR) is 104 cm³/mol. The molecule has 1 fully saturated rings. The van der Waals surface area contributed by atoms with E-state index < -0.39 is 0 Å². The van der Waals surface area contributed by atoms with Gasteiger partial charge in [0.25, 0.3) is 0 Å². The lowest BCUT2D eigenvalue weighted by Gasteiger charge is -2.27. The maximum absolute atomic E-state index is 12.5. The van der Waals surface area contributed by atoms with Gasteiger partial charge in [-0.05, 0) is 69.2 Å². The van der Waals surface area contributed by atoms with E-state index in [0.717, 1.165) is 50.1 Å². The van der Waals surface area contributed by atoms with Crippen molar-refractivity contribution in [2.75, 3.05) is 18.5 Å². The number of carbonyl (C=O) groups excluding carboxylic acids is 2. The normalized spacial score (nSPS) is 19.8. The number of rotatable bonds is 8. The maximum atomic E-state index is 12.5. The fraction of sp³-hybridized carbons (Fsp3) is 0.619. The molecule has 1 aromatic rings. The second kappa shape index (κ2) is 10.2. The summed E-state index contributed by atoms with van der Waals surface area (Å²) in [6, 6.07) is 7.43. The largest absolute Gasteiger partial charge is 0.494 e. The molecular weight excluding hydrogens is 328 g/mol. The van der Waals surface area contributed by atoms with Crippen molar-refractivity contribution in [2.45, 2.75) is 52.9 Å². The third-order valence-electron chi connectivity index (χ3n) is 4.92. The van der Waals surface area contributed by atoms with Crippen LogP contribution >= 0.6 is 0 Å². The number of hydrogen-bond acceptors (Lipinski definition) is 3. The quantitative estimate of drug-likeness (QED) is 0.736. The lowest BCUT2D eigenvalue weighted by Crippen LogP contribution is -2.36. The average Bonchev–Trinajstić information content (AvgIpc) is 2.63. The Morgan fingerprint density at radius 2 is 1.62 bits per heavy atom. The summed E-state index contributed by atoms with van der Waals surface area (Å²) in [7, 11) is 0. The van der Waals surface area contributed by atoms with Gasteiger partial charge in [-0.1, -0.05) is 13.8 Å². The van der Waals surface area contributed by atoms with Gasteiger partial charge in [-0.2, -0.15) is 0 Å². The Morgan fingerprint density at radius 1 is 1.04 bits per heavy atom. The molecule has 0 aliphatic heterocycles. The maximum Gasteiger partial charge on any atom is 0.227 e. The second-order valence-corrected chi connectivity index (χ2v) is 7.47. The molecular formula is C21H32N2O3. The Balaban J connectivity index is 1.74. The third kappa shape index (κ3) is 6.36. The van der Waals surface area contributed by atoms with Crippen LogP contribution in [0.5, 0.6) is 5.75 Å². The molecule has 0 unspecified atom stereocenters. The minimum atomic E-state index is -0.0127. The minimum absolute atomic E-state index is 0.0127. The third-order valence-corrected chi connectivity index (χ3v) is 4.92. The first-order valence-corrected chi connectivity index (χ1v) is 9.81. The monoisotopic (exact) mass is 360 g/mol. The first-order chi connectivity index (χ1) is 12.5. The SMILES string of the molecule is CCOc1ccc(NC(=O)C2CCC(C(=O)NCCC(C)C)CC2)cc1. The number of carbonyl (C=O) groups is 2. The second-order valence-electron chi connectivity index (χ2n) is 7.47. The number of ether oxygens (including phenoxy) is 1. The van der Waals surface area contributed by atoms with Gasteiger partial charge in [0.05, 0.1) is 6.61 Å². The number of benzene rings is 1. The van der Waals surface area contributed by atoms with Crippen molar-refractivity contribution < 1.29 is 14.3 Å². The van der Waals surface area contributed by atoms with E-state index in [9.17, 15) is 9.59 Å². The Kier molecular flexibility index (Phi) is 7.95. The molecule has 5 heteroatoms. The molecule has 0 bridgehead atoms. The summed E-state index contributed by atoms with van der Waals surface area (Å²) in [4.78, 5) is 24.7. The van der Waals surface area contributed by atoms with E-state index in [2.05, 4.69) is 24.5 Å². The zero-order valence-electron chi connectivity index (χ0n) is 16.2. The van der Waals surface area contributed by atoms with Gasteiger partial charge in [-0.15, -0.1) is 0 Å². The van der Waals surface area contributed by atoms with Gasteiger partial charge in [0, 0.05) is 24.1 Å². The molecule has 0 heterocycles. The van der Waals surface area contributed by atoms with Gasteiger partial charge in [0.2, 0.25) is 11.8 Å². The predicted octanol–water partition coefficient (Wildman–Crippen LogP) is 3.99. The number of hydrogen-bond donors (Lipinski definition) is 2. The molecule has 2 amide bonds. The molecule has 0 spiro atoms. The van der Waals surface area contributed by atoms with Gasteiger partial charge >= 0.3 is 0 Å². The Labute approximate surface area is 156 Å². The van der Waals surface area contributed by atoms with Crippen LogP contribution in [0.15, 0.2) is 24.3 Å². The van der Waals surface area contributed by atoms with E-state index in [1.54, 1.807) is 0 Å². The summed E-state index contributed by atoms with van der Waals surface area (Å²) in [5.74, 6) is 1.63. The summed E-state index contributed by atoms with van der Waals surface area (Å²) in [5, 5.41) is 6.01. The first kappa shape index (κ1) is 20.3. The first-order valence-electron chi connectivity index (χ1n) is 9.81. The smallest absolute Gasteiger partial charge is 0.227 e. The van der Waals surface area contributed by atoms with Gasteiger partial charge < -0.3 is 15.4 Å². The van der Waals surface area contributed by atoms with Crippen LogP contribution in [0, 0.1) is 17.8 Å². The van der Waals surface area contributed by atoms with Gasteiger partial charge in [-0.25, -0.2) is 0 Å². The Morgan fingerprint density at radius 3 is 2.15 bits per heavy atom. The highest BCUT2D eigenvalue weighted by Gasteiger charge is 2.29. The van der Waals surface area contributed by atoms with E-state index in [1.165, 1.54) is 0 Å². The zero-order chi connectivity index (χ0) is 18.9. The molecule has 1 aromatic carbocycles. The lowest BCUT2D eigenvalue weighted by atomic mass is 9.81. The van der Waals surface area contributed by atoms with E-state index in [0.29, 0.717) is 12.5 Å². The molecule has 1 saturated carbocycles. The van der Waals surface area contributed by atoms with Crippen molar-refractivity contribution >= 4 is 17.5 Å². The topological polar surface area (TPSA) is 67.4 Å². The summed E-state index contributed by atoms with van der Waals surface area (Å²) in [5.41, 5.74) is 0.784. The molecule has 0 radical (unpaired) electrons. The minimum Gasteiger partial charge on any atom is -0.494 e. The summed E-state index contributed by atoms with van der Waals surface area (Å²) < 4.78 is 5.41. The highest BCUT2D eigenvalue weighted by atomic mass is 16.5. The molecule has 1 aliphatic carbocycles. The van der Waals surface area contributed by atoms with E-state index in [-0.39, 0.29) is 23.7 Å². The zero-order valence-corrected chi connectivity index (χ0v) is 16.2. The van der Waals surface area contributed by atoms with Gasteiger partial charge in [-0.3, -0.25) is 9.59 Å². The van der Waals surface area contributed by atoms with Crippen molar-refractivity contribution in [2.24, 2.45) is 17.8 Å². The highest BCUT2D eigenvalue weighted by molar-refractivity contribution is 5.92. The van der Waals surface area contributed by atoms with Crippen molar-refractivity contribution in [3.05, 3.63) is 24.3 Å². The van der Waals surface area contributed by atoms with Gasteiger partial charge in [0.1, 0.15) is 5.75 Å². The van der Waals surface area contributed by atoms with E-state index in [1.807, 2.05) is 31.2 Å². The average molecular weight is 360 g/mol. The van der Waals surface area contributed by atoms with E-state index >= 15 is 0 Å². The van der Waals surface area contributed by atoms with Crippen LogP contribution in [0.2, 0.25) is 0 Å². The van der Waals surface area contributed by atoms with Crippen molar-refractivity contribution in [3.8, 4) is 5.75 Å². The van der Waals surface area contributed by atoms with Gasteiger partial charge in [0.15, 0.2) is 0 Å². The van der Waals surface area contributed by atoms with Crippen LogP contribution < -0.4 is 15.4 Å². The molecule has 26 heavy (non-hydrogen) atoms. The molecule has 5 nitrogen and oxygen atoms in total. The van der Waals surface area contributed by atoms with Crippen LogP contribution in [-0.2, 0) is 9.59 Å². The van der Waals surface area contributed by atoms with Crippen LogP contribution in [0.4, 0.5) is 5.69 Å². The molecule has 2 rings (SSSR count). The fourth-order valence-corrected chi connectivity index (χ4v) is 3.29. The van der Waals surface area contributed by atoms with Crippen LogP contribution in [0.1, 0.15) is 52.9 Å². The number of amides is 2. The molecule has 0 aromatic heterocycles. The van der Waals surface area contributed by atoms with Crippen LogP contribution in [-0.4, -0.2) is 25.0 Å². The number of anilines is 1. The standard InChI is InChI=1S/C21H32N2O3/c1-4-26-19-11-9-18(10-12-19)23-21(25)17-7-5-16(6-8-17)20(24)22-14-13-15(2)3/h9-12,15-17H,4-8,13-14H2,1-3H3,(H,22,24)(H,23,25). The summed E-state index contributed by atoms with van der Waals surface area (Å²) in [6.45, 7) is 7.62. The van der Waals surface area contributed by atoms with E-state index in [4.69, 9.17) is 4.74 Å². The van der Waals surface area contributed by atoms with Crippen LogP contribution in [0.25, 0.3) is 0 Å². The Hall–Kier alpha value is -2.04. The van der Waals surface area contributed by atoms with Crippen LogP contribution in [0.3, 0.4) is 0 Å². The Bertz CT molecular complexity index is 575. The molecule has 0 saturated heterocycles. The summed E-state index contributed by atoms with van der Waals surface area (Å²) >= 11 is 0. The van der Waals surface area contributed by atoms with Crippen molar-refractivity contribution in [1.82, 2.24) is 5.32 Å². The fourth-order valence-electron chi connectivity index (χ4n) is 3.29. The van der Waals surface area contributed by atoms with Crippen molar-refractivity contribution in [1.29, 1.82) is 0 Å². The number of nitrogens with one attached hydrogen (secondary N) is 2. The summed E-state index contributed by atoms with van der Waals surface area (Å²) in [6.07, 6.45) is 4.12. The molecule has 144 valence electrons. The lowest BCUT2D eigenvalue weighted by molar-refractivity contribution is -0.128. The molecule has 2 N–H and O–H groups in total. The highest BCUT2D eigenvalue weighted by Crippen LogP contribution is 2.30. The molecule has 1 aliphatic rings. The van der Waals surface area contributed by atoms with Crippen molar-refractivity contribution in [3.63, 3.8) is 0 Å².